The molecule has 0 amide bonds. The van der Waals surface area contributed by atoms with Crippen LogP contribution < -0.4 is 11.5 Å². The fourth-order valence-electron chi connectivity index (χ4n) is 0.264. The summed E-state index contributed by atoms with van der Waals surface area (Å²) < 4.78 is 4.36. The topological polar surface area (TPSA) is 78.3 Å². The highest BCUT2D eigenvalue weighted by Gasteiger charge is 2.10. The molecule has 0 aromatic rings. The van der Waals surface area contributed by atoms with Gasteiger partial charge in [0, 0.05) is 5.75 Å². The van der Waals surface area contributed by atoms with Crippen molar-refractivity contribution in [2.45, 2.75) is 6.04 Å². The molecular weight excluding hydrogens is 140 g/mol. The number of thiol groups is 1. The molecule has 0 aliphatic carbocycles. The summed E-state index contributed by atoms with van der Waals surface area (Å²) in [5.41, 5.74) is 10.1. The highest BCUT2D eigenvalue weighted by molar-refractivity contribution is 7.80. The van der Waals surface area contributed by atoms with Crippen LogP contribution in [0.2, 0.25) is 0 Å². The van der Waals surface area contributed by atoms with E-state index in [2.05, 4.69) is 17.4 Å². The molecule has 0 fully saturated rings. The molecule has 0 rings (SSSR count). The average molecular weight is 150 g/mol. The number of nitrogens with two attached hydrogens (primary N) is 2. The molecule has 0 aliphatic heterocycles. The minimum atomic E-state index is -0.656. The van der Waals surface area contributed by atoms with Crippen LogP contribution in [0.5, 0.6) is 0 Å². The SMILES string of the molecule is NCOC(=O)[C@@H](N)CS. The molecule has 0 heterocycles. The molecule has 0 bridgehead atoms. The minimum absolute atomic E-state index is 0.125. The van der Waals surface area contributed by atoms with E-state index in [1.807, 2.05) is 0 Å². The first kappa shape index (κ1) is 8.74. The zero-order valence-corrected chi connectivity index (χ0v) is 5.80. The maximum absolute atomic E-state index is 10.5. The van der Waals surface area contributed by atoms with E-state index < -0.39 is 12.0 Å². The van der Waals surface area contributed by atoms with Gasteiger partial charge in [-0.25, -0.2) is 0 Å². The van der Waals surface area contributed by atoms with Gasteiger partial charge in [0.1, 0.15) is 12.8 Å². The van der Waals surface area contributed by atoms with Crippen LogP contribution >= 0.6 is 12.6 Å². The van der Waals surface area contributed by atoms with Crippen LogP contribution in [0.3, 0.4) is 0 Å². The Balaban J connectivity index is 3.46. The van der Waals surface area contributed by atoms with Crippen molar-refractivity contribution >= 4 is 18.6 Å². The van der Waals surface area contributed by atoms with Crippen LogP contribution in [0, 0.1) is 0 Å². The molecule has 0 saturated carbocycles. The van der Waals surface area contributed by atoms with Gasteiger partial charge in [-0.2, -0.15) is 12.6 Å². The highest BCUT2D eigenvalue weighted by Crippen LogP contribution is 1.85. The lowest BCUT2D eigenvalue weighted by Crippen LogP contribution is -2.35. The predicted octanol–water partition coefficient (Wildman–Crippen LogP) is -1.30. The van der Waals surface area contributed by atoms with Crippen LogP contribution in [0.1, 0.15) is 0 Å². The molecule has 54 valence electrons. The maximum atomic E-state index is 10.5. The summed E-state index contributed by atoms with van der Waals surface area (Å²) in [6.07, 6.45) is 0. The summed E-state index contributed by atoms with van der Waals surface area (Å²) >= 11 is 3.78. The zero-order chi connectivity index (χ0) is 7.28. The number of carbonyl (C=O) groups excluding carboxylic acids is 1. The van der Waals surface area contributed by atoms with Gasteiger partial charge in [0.05, 0.1) is 0 Å². The van der Waals surface area contributed by atoms with Crippen LogP contribution in [-0.4, -0.2) is 24.5 Å². The first-order chi connectivity index (χ1) is 4.22. The van der Waals surface area contributed by atoms with Crippen LogP contribution in [-0.2, 0) is 9.53 Å². The molecule has 4 N–H and O–H groups in total. The second kappa shape index (κ2) is 4.60. The van der Waals surface area contributed by atoms with E-state index in [1.54, 1.807) is 0 Å². The molecule has 4 nitrogen and oxygen atoms in total. The van der Waals surface area contributed by atoms with Gasteiger partial charge in [0.25, 0.3) is 0 Å². The predicted molar refractivity (Wildman–Crippen MR) is 37.0 cm³/mol. The standard InChI is InChI=1S/C4H10N2O2S/c5-2-8-4(7)3(6)1-9/h3,9H,1-2,5-6H2/t3-/m0/s1. The minimum Gasteiger partial charge on any atom is -0.449 e. The van der Waals surface area contributed by atoms with Gasteiger partial charge in [0.15, 0.2) is 0 Å². The van der Waals surface area contributed by atoms with Crippen molar-refractivity contribution in [1.29, 1.82) is 0 Å². The number of carbonyl (C=O) groups is 1. The summed E-state index contributed by atoms with van der Waals surface area (Å²) in [6.45, 7) is -0.125. The van der Waals surface area contributed by atoms with Crippen LogP contribution in [0.4, 0.5) is 0 Å². The number of hydrogen-bond acceptors (Lipinski definition) is 5. The average Bonchev–Trinajstić information content (AvgIpc) is 1.87. The van der Waals surface area contributed by atoms with Crippen molar-refractivity contribution in [2.75, 3.05) is 12.5 Å². The Bertz CT molecular complexity index is 98.6. The summed E-state index contributed by atoms with van der Waals surface area (Å²) in [4.78, 5) is 10.5. The zero-order valence-electron chi connectivity index (χ0n) is 4.91. The molecule has 0 aromatic heterocycles. The monoisotopic (exact) mass is 150 g/mol. The van der Waals surface area contributed by atoms with E-state index in [-0.39, 0.29) is 12.5 Å². The van der Waals surface area contributed by atoms with Crippen LogP contribution in [0.25, 0.3) is 0 Å². The van der Waals surface area contributed by atoms with Crippen molar-refractivity contribution in [2.24, 2.45) is 11.5 Å². The Hall–Kier alpha value is -0.260. The Kier molecular flexibility index (Phi) is 4.47. The molecule has 0 saturated heterocycles. The third kappa shape index (κ3) is 3.34. The number of hydrogen-bond donors (Lipinski definition) is 3. The van der Waals surface area contributed by atoms with Gasteiger partial charge >= 0.3 is 5.97 Å². The number of rotatable bonds is 3. The second-order valence-electron chi connectivity index (χ2n) is 1.42. The molecule has 1 atom stereocenters. The van der Waals surface area contributed by atoms with E-state index in [0.29, 0.717) is 0 Å². The van der Waals surface area contributed by atoms with Crippen molar-refractivity contribution in [1.82, 2.24) is 0 Å². The number of ether oxygens (including phenoxy) is 1. The van der Waals surface area contributed by atoms with Crippen LogP contribution in [0.15, 0.2) is 0 Å². The van der Waals surface area contributed by atoms with Gasteiger partial charge in [-0.3, -0.25) is 10.5 Å². The molecule has 0 aromatic carbocycles. The number of esters is 1. The lowest BCUT2D eigenvalue weighted by Gasteiger charge is -2.05. The molecular formula is C4H10N2O2S. The van der Waals surface area contributed by atoms with E-state index in [1.165, 1.54) is 0 Å². The van der Waals surface area contributed by atoms with Gasteiger partial charge < -0.3 is 10.5 Å². The van der Waals surface area contributed by atoms with Gasteiger partial charge in [-0.1, -0.05) is 0 Å². The van der Waals surface area contributed by atoms with E-state index in [0.717, 1.165) is 0 Å². The Morgan fingerprint density at radius 2 is 2.33 bits per heavy atom. The first-order valence-electron chi connectivity index (χ1n) is 2.45. The summed E-state index contributed by atoms with van der Waals surface area (Å²) in [6, 6.07) is -0.656. The Morgan fingerprint density at radius 1 is 1.78 bits per heavy atom. The summed E-state index contributed by atoms with van der Waals surface area (Å²) in [7, 11) is 0. The maximum Gasteiger partial charge on any atom is 0.325 e. The fourth-order valence-corrected chi connectivity index (χ4v) is 0.413. The van der Waals surface area contributed by atoms with Crippen molar-refractivity contribution < 1.29 is 9.53 Å². The quantitative estimate of drug-likeness (QED) is 0.265. The third-order valence-corrected chi connectivity index (χ3v) is 1.12. The molecule has 5 heteroatoms. The Morgan fingerprint density at radius 3 is 2.67 bits per heavy atom. The summed E-state index contributed by atoms with van der Waals surface area (Å²) in [5, 5.41) is 0. The van der Waals surface area contributed by atoms with Gasteiger partial charge in [-0.15, -0.1) is 0 Å². The van der Waals surface area contributed by atoms with Gasteiger partial charge in [-0.05, 0) is 0 Å². The van der Waals surface area contributed by atoms with Crippen molar-refractivity contribution in [3.8, 4) is 0 Å². The van der Waals surface area contributed by atoms with E-state index in [4.69, 9.17) is 11.5 Å². The molecule has 0 unspecified atom stereocenters. The second-order valence-corrected chi connectivity index (χ2v) is 1.78. The molecule has 0 aliphatic rings. The van der Waals surface area contributed by atoms with E-state index in [9.17, 15) is 4.79 Å². The van der Waals surface area contributed by atoms with Gasteiger partial charge in [0.2, 0.25) is 0 Å². The smallest absolute Gasteiger partial charge is 0.325 e. The highest BCUT2D eigenvalue weighted by atomic mass is 32.1. The van der Waals surface area contributed by atoms with Crippen molar-refractivity contribution in [3.05, 3.63) is 0 Å². The normalized spacial score (nSPS) is 12.8. The van der Waals surface area contributed by atoms with E-state index >= 15 is 0 Å². The molecule has 9 heavy (non-hydrogen) atoms. The lowest BCUT2D eigenvalue weighted by molar-refractivity contribution is -0.144. The largest absolute Gasteiger partial charge is 0.449 e. The lowest BCUT2D eigenvalue weighted by atomic mass is 10.4. The third-order valence-electron chi connectivity index (χ3n) is 0.725. The Labute approximate surface area is 58.9 Å². The van der Waals surface area contributed by atoms with Crippen molar-refractivity contribution in [3.63, 3.8) is 0 Å². The first-order valence-corrected chi connectivity index (χ1v) is 3.08. The fraction of sp³-hybridized carbons (Fsp3) is 0.750. The summed E-state index contributed by atoms with van der Waals surface area (Å²) in [5.74, 6) is -0.230. The molecule has 0 radical (unpaired) electrons. The molecule has 0 spiro atoms.